The molecule has 0 aromatic carbocycles. The van der Waals surface area contributed by atoms with Crippen LogP contribution in [-0.4, -0.2) is 22.7 Å². The number of aromatic nitrogens is 2. The van der Waals surface area contributed by atoms with Crippen LogP contribution >= 0.6 is 0 Å². The molecule has 4 nitrogen and oxygen atoms in total. The summed E-state index contributed by atoms with van der Waals surface area (Å²) >= 11 is 0. The van der Waals surface area contributed by atoms with Gasteiger partial charge >= 0.3 is 6.18 Å². The molecule has 1 heterocycles. The predicted octanol–water partition coefficient (Wildman–Crippen LogP) is 1.63. The van der Waals surface area contributed by atoms with Crippen LogP contribution < -0.4 is 5.32 Å². The molecule has 1 rings (SSSR count). The van der Waals surface area contributed by atoms with Gasteiger partial charge in [-0.05, 0) is 0 Å². The van der Waals surface area contributed by atoms with Gasteiger partial charge in [0.15, 0.2) is 0 Å². The lowest BCUT2D eigenvalue weighted by atomic mass is 10.3. The van der Waals surface area contributed by atoms with E-state index >= 15 is 0 Å². The summed E-state index contributed by atoms with van der Waals surface area (Å²) in [4.78, 5) is 3.24. The molecule has 7 heteroatoms. The largest absolute Gasteiger partial charge is 0.455 e. The highest BCUT2D eigenvalue weighted by molar-refractivity contribution is 4.91. The molecular formula is C8H12F3N3O. The van der Waals surface area contributed by atoms with Crippen LogP contribution in [0, 0.1) is 0 Å². The lowest BCUT2D eigenvalue weighted by Crippen LogP contribution is -2.25. The van der Waals surface area contributed by atoms with E-state index in [1.165, 1.54) is 0 Å². The van der Waals surface area contributed by atoms with Gasteiger partial charge in [0.05, 0.1) is 0 Å². The molecular weight excluding hydrogens is 211 g/mol. The highest BCUT2D eigenvalue weighted by atomic mass is 19.4. The topological polar surface area (TPSA) is 51.0 Å². The lowest BCUT2D eigenvalue weighted by Gasteiger charge is -2.04. The summed E-state index contributed by atoms with van der Waals surface area (Å²) in [7, 11) is 0. The van der Waals surface area contributed by atoms with Crippen molar-refractivity contribution < 1.29 is 17.7 Å². The normalized spacial score (nSPS) is 12.4. The fourth-order valence-corrected chi connectivity index (χ4v) is 0.939. The number of hydrogen-bond donors (Lipinski definition) is 1. The van der Waals surface area contributed by atoms with Crippen LogP contribution in [0.1, 0.15) is 25.6 Å². The van der Waals surface area contributed by atoms with E-state index in [4.69, 9.17) is 0 Å². The Morgan fingerprint density at radius 3 is 2.53 bits per heavy atom. The van der Waals surface area contributed by atoms with Crippen molar-refractivity contribution in [2.45, 2.75) is 32.5 Å². The van der Waals surface area contributed by atoms with E-state index < -0.39 is 12.0 Å². The van der Waals surface area contributed by atoms with Crippen molar-refractivity contribution in [3.63, 3.8) is 0 Å². The van der Waals surface area contributed by atoms with E-state index in [9.17, 15) is 13.2 Å². The van der Waals surface area contributed by atoms with Gasteiger partial charge in [-0.25, -0.2) is 0 Å². The Labute approximate surface area is 84.9 Å². The summed E-state index contributed by atoms with van der Waals surface area (Å²) in [6.45, 7) is 4.39. The summed E-state index contributed by atoms with van der Waals surface area (Å²) in [6, 6.07) is 0.273. The Morgan fingerprint density at radius 1 is 1.40 bits per heavy atom. The van der Waals surface area contributed by atoms with E-state index in [2.05, 4.69) is 20.0 Å². The first-order valence-corrected chi connectivity index (χ1v) is 4.52. The molecule has 0 fully saturated rings. The molecule has 0 saturated carbocycles. The molecule has 0 saturated heterocycles. The maximum atomic E-state index is 12.1. The molecule has 0 aliphatic carbocycles. The molecule has 0 spiro atoms. The minimum absolute atomic E-state index is 0.00419. The van der Waals surface area contributed by atoms with Gasteiger partial charge in [0.25, 0.3) is 5.82 Å². The molecule has 0 radical (unpaired) electrons. The molecule has 0 bridgehead atoms. The maximum Gasteiger partial charge on any atom is 0.455 e. The van der Waals surface area contributed by atoms with Crippen LogP contribution in [0.15, 0.2) is 4.52 Å². The molecule has 0 amide bonds. The zero-order valence-electron chi connectivity index (χ0n) is 8.43. The standard InChI is InChI=1S/C8H12F3N3O/c1-5(2)12-4-3-6-13-7(14-15-6)8(9,10)11/h5,12H,3-4H2,1-2H3. The molecule has 0 aliphatic rings. The van der Waals surface area contributed by atoms with Crippen LogP contribution in [0.2, 0.25) is 0 Å². The average molecular weight is 223 g/mol. The van der Waals surface area contributed by atoms with Crippen LogP contribution in [0.5, 0.6) is 0 Å². The predicted molar refractivity (Wildman–Crippen MR) is 46.1 cm³/mol. The lowest BCUT2D eigenvalue weighted by molar-refractivity contribution is -0.146. The van der Waals surface area contributed by atoms with E-state index in [0.29, 0.717) is 13.0 Å². The Bertz CT molecular complexity index is 308. The monoisotopic (exact) mass is 223 g/mol. The highest BCUT2D eigenvalue weighted by Gasteiger charge is 2.37. The molecule has 0 unspecified atom stereocenters. The van der Waals surface area contributed by atoms with Gasteiger partial charge in [0.2, 0.25) is 5.89 Å². The quantitative estimate of drug-likeness (QED) is 0.842. The molecule has 1 aromatic heterocycles. The number of halogens is 3. The Morgan fingerprint density at radius 2 is 2.07 bits per heavy atom. The number of hydrogen-bond acceptors (Lipinski definition) is 4. The second-order valence-corrected chi connectivity index (χ2v) is 3.37. The number of nitrogens with zero attached hydrogens (tertiary/aromatic N) is 2. The van der Waals surface area contributed by atoms with Gasteiger partial charge < -0.3 is 9.84 Å². The van der Waals surface area contributed by atoms with Crippen molar-refractivity contribution in [3.8, 4) is 0 Å². The number of rotatable bonds is 4. The molecule has 0 atom stereocenters. The zero-order valence-corrected chi connectivity index (χ0v) is 8.43. The van der Waals surface area contributed by atoms with Gasteiger partial charge in [0, 0.05) is 19.0 Å². The summed E-state index contributed by atoms with van der Waals surface area (Å²) in [5.41, 5.74) is 0. The van der Waals surface area contributed by atoms with Gasteiger partial charge in [-0.1, -0.05) is 19.0 Å². The van der Waals surface area contributed by atoms with Crippen LogP contribution in [-0.2, 0) is 12.6 Å². The van der Waals surface area contributed by atoms with Crippen molar-refractivity contribution in [1.82, 2.24) is 15.5 Å². The Kier molecular flexibility index (Phi) is 3.67. The van der Waals surface area contributed by atoms with Crippen molar-refractivity contribution in [1.29, 1.82) is 0 Å². The molecule has 0 aliphatic heterocycles. The van der Waals surface area contributed by atoms with E-state index in [0.717, 1.165) is 0 Å². The molecule has 86 valence electrons. The van der Waals surface area contributed by atoms with E-state index in [-0.39, 0.29) is 11.9 Å². The summed E-state index contributed by atoms with van der Waals surface area (Å²) in [5, 5.41) is 5.88. The van der Waals surface area contributed by atoms with Crippen molar-refractivity contribution in [2.75, 3.05) is 6.54 Å². The minimum atomic E-state index is -4.53. The maximum absolute atomic E-state index is 12.1. The van der Waals surface area contributed by atoms with Gasteiger partial charge in [-0.15, -0.1) is 0 Å². The first kappa shape index (κ1) is 12.0. The third kappa shape index (κ3) is 3.86. The number of nitrogens with one attached hydrogen (secondary N) is 1. The summed E-state index contributed by atoms with van der Waals surface area (Å²) in [6.07, 6.45) is -4.24. The van der Waals surface area contributed by atoms with Crippen LogP contribution in [0.3, 0.4) is 0 Å². The summed E-state index contributed by atoms with van der Waals surface area (Å²) < 4.78 is 40.6. The third-order valence-electron chi connectivity index (χ3n) is 1.61. The van der Waals surface area contributed by atoms with Gasteiger partial charge in [0.1, 0.15) is 0 Å². The SMILES string of the molecule is CC(C)NCCc1nc(C(F)(F)F)no1. The Balaban J connectivity index is 2.47. The van der Waals surface area contributed by atoms with Crippen LogP contribution in [0.25, 0.3) is 0 Å². The average Bonchev–Trinajstić information content (AvgIpc) is 2.51. The van der Waals surface area contributed by atoms with Gasteiger partial charge in [-0.3, -0.25) is 0 Å². The first-order chi connectivity index (χ1) is 6.89. The molecule has 1 N–H and O–H groups in total. The summed E-state index contributed by atoms with van der Waals surface area (Å²) in [5.74, 6) is -1.22. The third-order valence-corrected chi connectivity index (χ3v) is 1.61. The molecule has 1 aromatic rings. The van der Waals surface area contributed by atoms with Crippen molar-refractivity contribution in [2.24, 2.45) is 0 Å². The molecule has 15 heavy (non-hydrogen) atoms. The number of alkyl halides is 3. The minimum Gasteiger partial charge on any atom is -0.339 e. The highest BCUT2D eigenvalue weighted by Crippen LogP contribution is 2.26. The fraction of sp³-hybridized carbons (Fsp3) is 0.750. The van der Waals surface area contributed by atoms with Gasteiger partial charge in [-0.2, -0.15) is 18.2 Å². The van der Waals surface area contributed by atoms with Crippen molar-refractivity contribution >= 4 is 0 Å². The van der Waals surface area contributed by atoms with Crippen molar-refractivity contribution in [3.05, 3.63) is 11.7 Å². The van der Waals surface area contributed by atoms with E-state index in [1.54, 1.807) is 0 Å². The fourth-order valence-electron chi connectivity index (χ4n) is 0.939. The van der Waals surface area contributed by atoms with Crippen LogP contribution in [0.4, 0.5) is 13.2 Å². The van der Waals surface area contributed by atoms with E-state index in [1.807, 2.05) is 13.8 Å². The first-order valence-electron chi connectivity index (χ1n) is 4.52. The Hall–Kier alpha value is -1.11. The zero-order chi connectivity index (χ0) is 11.5. The smallest absolute Gasteiger partial charge is 0.339 e. The second-order valence-electron chi connectivity index (χ2n) is 3.37. The second kappa shape index (κ2) is 4.61.